The Hall–Kier alpha value is -0.820. The van der Waals surface area contributed by atoms with Crippen molar-refractivity contribution in [1.82, 2.24) is 0 Å². The van der Waals surface area contributed by atoms with Gasteiger partial charge in [-0.3, -0.25) is 4.55 Å². The van der Waals surface area contributed by atoms with Gasteiger partial charge in [-0.05, 0) is 0 Å². The normalized spacial score (nSPS) is 14.1. The van der Waals surface area contributed by atoms with Crippen molar-refractivity contribution in [2.24, 2.45) is 15.4 Å². The molecule has 0 radical (unpaired) electrons. The standard InChI is InChI=1S/CH3N3O3S/c2-1(5)3-4-8(6)7/h(H2,2,5)(H,6,7). The van der Waals surface area contributed by atoms with Gasteiger partial charge in [0.15, 0.2) is 0 Å². The van der Waals surface area contributed by atoms with E-state index < -0.39 is 17.3 Å². The molecular weight excluding hydrogens is 134 g/mol. The van der Waals surface area contributed by atoms with Gasteiger partial charge in [-0.1, -0.05) is 9.63 Å². The maximum absolute atomic E-state index is 9.62. The highest BCUT2D eigenvalue weighted by atomic mass is 32.2. The van der Waals surface area contributed by atoms with Crippen LogP contribution in [-0.2, 0) is 11.3 Å². The zero-order valence-corrected chi connectivity index (χ0v) is 4.46. The average Bonchev–Trinajstić information content (AvgIpc) is 1.61. The second-order valence-corrected chi connectivity index (χ2v) is 1.38. The van der Waals surface area contributed by atoms with Crippen molar-refractivity contribution in [3.63, 3.8) is 0 Å². The Morgan fingerprint density at radius 2 is 2.25 bits per heavy atom. The Bertz CT molecular complexity index is 125. The van der Waals surface area contributed by atoms with E-state index in [1.807, 2.05) is 0 Å². The highest BCUT2D eigenvalue weighted by Gasteiger charge is 1.86. The van der Waals surface area contributed by atoms with Crippen LogP contribution in [-0.4, -0.2) is 14.8 Å². The highest BCUT2D eigenvalue weighted by molar-refractivity contribution is 7.77. The van der Waals surface area contributed by atoms with E-state index in [0.717, 1.165) is 0 Å². The van der Waals surface area contributed by atoms with E-state index in [4.69, 9.17) is 4.55 Å². The Balaban J connectivity index is 3.67. The van der Waals surface area contributed by atoms with E-state index in [1.54, 1.807) is 0 Å². The van der Waals surface area contributed by atoms with Crippen LogP contribution in [0.4, 0.5) is 4.79 Å². The predicted octanol–water partition coefficient (Wildman–Crippen LogP) is -0.346. The molecule has 0 aromatic rings. The summed E-state index contributed by atoms with van der Waals surface area (Å²) in [6, 6.07) is -1.09. The van der Waals surface area contributed by atoms with Crippen LogP contribution in [0.3, 0.4) is 0 Å². The molecule has 2 amide bonds. The summed E-state index contributed by atoms with van der Waals surface area (Å²) in [7, 11) is 0. The number of nitrogens with two attached hydrogens (primary N) is 1. The van der Waals surface area contributed by atoms with E-state index in [1.165, 1.54) is 0 Å². The first-order chi connectivity index (χ1) is 3.63. The molecule has 3 N–H and O–H groups in total. The lowest BCUT2D eigenvalue weighted by Crippen LogP contribution is -2.02. The number of carbonyl (C=O) groups is 1. The van der Waals surface area contributed by atoms with Crippen molar-refractivity contribution >= 4 is 17.3 Å². The van der Waals surface area contributed by atoms with Gasteiger partial charge in [-0.15, -0.1) is 0 Å². The van der Waals surface area contributed by atoms with Crippen LogP contribution >= 0.6 is 0 Å². The third kappa shape index (κ3) is 5.18. The number of urea groups is 1. The molecule has 1 atom stereocenters. The second-order valence-electron chi connectivity index (χ2n) is 0.751. The maximum atomic E-state index is 9.62. The smallest absolute Gasteiger partial charge is 0.348 e. The fourth-order valence-corrected chi connectivity index (χ4v) is 0.225. The van der Waals surface area contributed by atoms with Gasteiger partial charge in [0.25, 0.3) is 0 Å². The molecule has 7 heteroatoms. The van der Waals surface area contributed by atoms with Gasteiger partial charge in [0.05, 0.1) is 0 Å². The third-order valence-corrected chi connectivity index (χ3v) is 0.431. The molecule has 0 aromatic heterocycles. The van der Waals surface area contributed by atoms with Crippen LogP contribution in [0.15, 0.2) is 9.63 Å². The Morgan fingerprint density at radius 1 is 1.75 bits per heavy atom. The summed E-state index contributed by atoms with van der Waals surface area (Å²) in [6.45, 7) is 0. The maximum Gasteiger partial charge on any atom is 0.357 e. The number of carbonyl (C=O) groups excluding carboxylic acids is 1. The SMILES string of the molecule is NC(=O)N=NS(=O)O. The van der Waals surface area contributed by atoms with E-state index in [-0.39, 0.29) is 0 Å². The first-order valence-corrected chi connectivity index (χ1v) is 2.51. The van der Waals surface area contributed by atoms with Crippen LogP contribution in [0.2, 0.25) is 0 Å². The van der Waals surface area contributed by atoms with Crippen LogP contribution in [0, 0.1) is 0 Å². The lowest BCUT2D eigenvalue weighted by atomic mass is 11.2. The number of primary amides is 1. The van der Waals surface area contributed by atoms with E-state index >= 15 is 0 Å². The minimum atomic E-state index is -2.43. The Kier molecular flexibility index (Phi) is 2.89. The molecule has 8 heavy (non-hydrogen) atoms. The zero-order valence-electron chi connectivity index (χ0n) is 3.64. The molecule has 1 unspecified atom stereocenters. The third-order valence-electron chi connectivity index (χ3n) is 0.209. The summed E-state index contributed by atoms with van der Waals surface area (Å²) in [5.41, 5.74) is 4.40. The summed E-state index contributed by atoms with van der Waals surface area (Å²) in [6.07, 6.45) is 0. The first kappa shape index (κ1) is 7.18. The predicted molar refractivity (Wildman–Crippen MR) is 25.2 cm³/mol. The van der Waals surface area contributed by atoms with Crippen molar-refractivity contribution in [2.45, 2.75) is 0 Å². The minimum absolute atomic E-state index is 1.09. The van der Waals surface area contributed by atoms with E-state index in [0.29, 0.717) is 0 Å². The van der Waals surface area contributed by atoms with Gasteiger partial charge in [-0.2, -0.15) is 0 Å². The molecule has 0 rings (SSSR count). The second kappa shape index (κ2) is 3.22. The number of amides is 2. The summed E-state index contributed by atoms with van der Waals surface area (Å²) < 4.78 is 19.9. The molecule has 0 saturated heterocycles. The largest absolute Gasteiger partial charge is 0.357 e. The molecule has 0 spiro atoms. The highest BCUT2D eigenvalue weighted by Crippen LogP contribution is 1.77. The zero-order chi connectivity index (χ0) is 6.57. The van der Waals surface area contributed by atoms with Crippen molar-refractivity contribution in [2.75, 3.05) is 0 Å². The van der Waals surface area contributed by atoms with Gasteiger partial charge >= 0.3 is 17.3 Å². The topological polar surface area (TPSA) is 105 Å². The van der Waals surface area contributed by atoms with Gasteiger partial charge in [0.2, 0.25) is 0 Å². The van der Waals surface area contributed by atoms with Crippen LogP contribution in [0.1, 0.15) is 0 Å². The van der Waals surface area contributed by atoms with Gasteiger partial charge in [0.1, 0.15) is 0 Å². The molecule has 0 aliphatic carbocycles. The first-order valence-electron chi connectivity index (χ1n) is 1.45. The van der Waals surface area contributed by atoms with Crippen LogP contribution in [0.25, 0.3) is 0 Å². The van der Waals surface area contributed by atoms with Gasteiger partial charge in [0, 0.05) is 0 Å². The average molecular weight is 137 g/mol. The van der Waals surface area contributed by atoms with Crippen molar-refractivity contribution < 1.29 is 13.6 Å². The fraction of sp³-hybridized carbons (Fsp3) is 0. The Labute approximate surface area is 47.2 Å². The summed E-state index contributed by atoms with van der Waals surface area (Å²) in [4.78, 5) is 9.62. The van der Waals surface area contributed by atoms with Crippen LogP contribution < -0.4 is 5.73 Å². The van der Waals surface area contributed by atoms with Crippen molar-refractivity contribution in [3.05, 3.63) is 0 Å². The molecule has 0 fully saturated rings. The summed E-state index contributed by atoms with van der Waals surface area (Å²) in [5.74, 6) is 0. The van der Waals surface area contributed by atoms with E-state index in [9.17, 15) is 9.00 Å². The number of nitrogens with zero attached hydrogens (tertiary/aromatic N) is 2. The molecule has 0 heterocycles. The lowest BCUT2D eigenvalue weighted by molar-refractivity contribution is 0.255. The molecule has 0 aliphatic heterocycles. The molecule has 0 aromatic carbocycles. The van der Waals surface area contributed by atoms with Gasteiger partial charge in [-0.25, -0.2) is 9.00 Å². The lowest BCUT2D eigenvalue weighted by Gasteiger charge is -1.74. The monoisotopic (exact) mass is 137 g/mol. The Morgan fingerprint density at radius 3 is 2.38 bits per heavy atom. The molecule has 0 aliphatic rings. The quantitative estimate of drug-likeness (QED) is 0.381. The summed E-state index contributed by atoms with van der Waals surface area (Å²) in [5, 5.41) is 2.54. The minimum Gasteiger partial charge on any atom is -0.348 e. The molecule has 0 bridgehead atoms. The molecule has 46 valence electrons. The van der Waals surface area contributed by atoms with Crippen molar-refractivity contribution in [3.8, 4) is 0 Å². The fourth-order valence-electron chi connectivity index (χ4n) is 0.0752. The molecule has 6 nitrogen and oxygen atoms in total. The summed E-state index contributed by atoms with van der Waals surface area (Å²) >= 11 is -2.43. The van der Waals surface area contributed by atoms with Gasteiger partial charge < -0.3 is 5.73 Å². The van der Waals surface area contributed by atoms with Crippen LogP contribution in [0.5, 0.6) is 0 Å². The molecular formula is CH3N3O3S. The number of rotatable bonds is 1. The molecule has 0 saturated carbocycles. The number of hydrogen-bond donors (Lipinski definition) is 2. The number of hydrogen-bond acceptors (Lipinski definition) is 2. The van der Waals surface area contributed by atoms with Crippen molar-refractivity contribution in [1.29, 1.82) is 0 Å². The van der Waals surface area contributed by atoms with E-state index in [2.05, 4.69) is 15.4 Å².